The van der Waals surface area contributed by atoms with Crippen LogP contribution in [0.5, 0.6) is 0 Å². The molecule has 5 aromatic rings. The van der Waals surface area contributed by atoms with Gasteiger partial charge in [0.2, 0.25) is 0 Å². The van der Waals surface area contributed by atoms with Crippen LogP contribution in [0.15, 0.2) is 109 Å². The van der Waals surface area contributed by atoms with Crippen LogP contribution in [0.2, 0.25) is 0 Å². The van der Waals surface area contributed by atoms with Crippen LogP contribution < -0.4 is 24.8 Å². The second-order valence-corrected chi connectivity index (χ2v) is 14.4. The molecule has 0 aliphatic heterocycles. The summed E-state index contributed by atoms with van der Waals surface area (Å²) < 4.78 is 1.33. The van der Waals surface area contributed by atoms with Crippen molar-refractivity contribution < 1.29 is 44.8 Å². The van der Waals surface area contributed by atoms with Gasteiger partial charge in [-0.05, 0) is 37.5 Å². The van der Waals surface area contributed by atoms with Crippen molar-refractivity contribution in [2.75, 3.05) is 0 Å². The smallest absolute Gasteiger partial charge is 0.0175 e. The van der Waals surface area contributed by atoms with E-state index in [1.54, 1.807) is 11.1 Å². The van der Waals surface area contributed by atoms with E-state index in [0.29, 0.717) is 0 Å². The van der Waals surface area contributed by atoms with Crippen molar-refractivity contribution in [3.8, 4) is 0 Å². The van der Waals surface area contributed by atoms with Gasteiger partial charge in [0.15, 0.2) is 0 Å². The predicted octanol–water partition coefficient (Wildman–Crippen LogP) is 6.54. The van der Waals surface area contributed by atoms with Crippen LogP contribution >= 0.6 is 0 Å². The maximum absolute atomic E-state index is 2.99. The van der Waals surface area contributed by atoms with E-state index < -0.39 is 0 Å². The number of aryl methyl sites for hydroxylation is 2. The summed E-state index contributed by atoms with van der Waals surface area (Å²) in [6.07, 6.45) is 24.1. The van der Waals surface area contributed by atoms with E-state index in [1.165, 1.54) is 112 Å². The van der Waals surface area contributed by atoms with Gasteiger partial charge in [-0.2, -0.15) is 6.08 Å². The first-order valence-corrected chi connectivity index (χ1v) is 18.4. The molecule has 0 bridgehead atoms. The molecule has 0 atom stereocenters. The maximum Gasteiger partial charge on any atom is -0.0175 e. The van der Waals surface area contributed by atoms with Gasteiger partial charge in [0.25, 0.3) is 0 Å². The molecule has 5 aromatic carbocycles. The number of halogens is 2. The Labute approximate surface area is 313 Å². The topological polar surface area (TPSA) is 0 Å². The van der Waals surface area contributed by atoms with Gasteiger partial charge in [-0.3, -0.25) is 6.08 Å². The third-order valence-electron chi connectivity index (χ3n) is 10.2. The minimum absolute atomic E-state index is 0. The molecule has 0 aromatic heterocycles. The Hall–Kier alpha value is -2.61. The van der Waals surface area contributed by atoms with Crippen LogP contribution in [0.1, 0.15) is 116 Å². The molecule has 0 N–H and O–H groups in total. The van der Waals surface area contributed by atoms with E-state index in [0.717, 1.165) is 18.3 Å². The van der Waals surface area contributed by atoms with Gasteiger partial charge >= 0.3 is 108 Å². The Balaban J connectivity index is 0.000000195. The second kappa shape index (κ2) is 19.0. The van der Waals surface area contributed by atoms with Gasteiger partial charge in [-0.25, -0.2) is 12.2 Å². The van der Waals surface area contributed by atoms with Crippen molar-refractivity contribution >= 4 is 25.4 Å². The fourth-order valence-corrected chi connectivity index (χ4v) is 7.88. The zero-order valence-corrected chi connectivity index (χ0v) is 31.7. The Morgan fingerprint density at radius 2 is 1.04 bits per heavy atom. The first kappa shape index (κ1) is 38.2. The number of hydrogen-bond donors (Lipinski definition) is 0. The summed E-state index contributed by atoms with van der Waals surface area (Å²) in [5, 5.41) is 5.84. The zero-order valence-electron chi connectivity index (χ0n) is 28.6. The first-order valence-electron chi connectivity index (χ1n) is 17.6. The van der Waals surface area contributed by atoms with E-state index in [2.05, 4.69) is 137 Å². The largest absolute Gasteiger partial charge is 1.00 e. The molecule has 2 saturated carbocycles. The van der Waals surface area contributed by atoms with E-state index in [4.69, 9.17) is 0 Å². The minimum Gasteiger partial charge on any atom is -1.00 e. The number of benzene rings is 4. The fourth-order valence-electron chi connectivity index (χ4n) is 7.36. The van der Waals surface area contributed by atoms with Crippen LogP contribution in [0.4, 0.5) is 0 Å². The molecule has 2 fully saturated rings. The molecule has 8 rings (SSSR count). The van der Waals surface area contributed by atoms with Gasteiger partial charge in [0, 0.05) is 0 Å². The van der Waals surface area contributed by atoms with Crippen LogP contribution in [0, 0.1) is 19.9 Å². The zero-order chi connectivity index (χ0) is 31.7. The Morgan fingerprint density at radius 3 is 1.40 bits per heavy atom. The van der Waals surface area contributed by atoms with Crippen LogP contribution in [-0.4, -0.2) is 3.81 Å². The summed E-state index contributed by atoms with van der Waals surface area (Å²) >= 11 is 2.18. The molecule has 3 heteroatoms. The summed E-state index contributed by atoms with van der Waals surface area (Å²) in [6.45, 7) is 4.23. The third kappa shape index (κ3) is 9.98. The summed E-state index contributed by atoms with van der Waals surface area (Å²) in [6, 6.07) is 34.4. The molecule has 0 saturated heterocycles. The molecule has 0 unspecified atom stereocenters. The molecule has 0 radical (unpaired) electrons. The summed E-state index contributed by atoms with van der Waals surface area (Å²) in [5.74, 6) is 1.59. The van der Waals surface area contributed by atoms with E-state index in [1.807, 2.05) is 12.2 Å². The third-order valence-corrected chi connectivity index (χ3v) is 11.1. The van der Waals surface area contributed by atoms with Crippen LogP contribution in [0.3, 0.4) is 0 Å². The van der Waals surface area contributed by atoms with Gasteiger partial charge in [0.05, 0.1) is 0 Å². The van der Waals surface area contributed by atoms with Crippen molar-refractivity contribution in [3.05, 3.63) is 149 Å². The second-order valence-electron chi connectivity index (χ2n) is 13.6. The number of hydrogen-bond acceptors (Lipinski definition) is 0. The fraction of sp³-hybridized carbons (Fsp3) is 0.333. The van der Waals surface area contributed by atoms with E-state index in [9.17, 15) is 0 Å². The number of rotatable bonds is 4. The first-order chi connectivity index (χ1) is 22.5. The molecule has 0 nitrogen and oxygen atoms in total. The molecule has 248 valence electrons. The molecule has 3 aliphatic rings. The average molecular weight is 708 g/mol. The van der Waals surface area contributed by atoms with Crippen LogP contribution in [-0.2, 0) is 20.0 Å². The van der Waals surface area contributed by atoms with Gasteiger partial charge in [-0.1, -0.05) is 73.9 Å². The Morgan fingerprint density at radius 1 is 0.604 bits per heavy atom. The molecule has 0 spiro atoms. The van der Waals surface area contributed by atoms with Gasteiger partial charge in [0.1, 0.15) is 0 Å². The maximum atomic E-state index is 2.99. The van der Waals surface area contributed by atoms with Gasteiger partial charge in [-0.15, -0.1) is 46.2 Å². The van der Waals surface area contributed by atoms with E-state index >= 15 is 0 Å². The average Bonchev–Trinajstić information content (AvgIpc) is 3.82. The monoisotopic (exact) mass is 706 g/mol. The van der Waals surface area contributed by atoms with Crippen molar-refractivity contribution in [1.29, 1.82) is 0 Å². The molecular formula is C45H48Cl2Ti-2. The minimum atomic E-state index is 0. The van der Waals surface area contributed by atoms with E-state index in [-0.39, 0.29) is 24.8 Å². The predicted molar refractivity (Wildman–Crippen MR) is 196 cm³/mol. The number of allylic oxidation sites excluding steroid dienone is 4. The molecular weight excluding hydrogens is 659 g/mol. The SMILES string of the molecule is Cc1ccc([C](=[Ti+2])c2ccc(C)cc2)cc1.[C-]1=CC=CC1.[Cl-].[Cl-].c1cc2[cH-]c3ccc(C4CCCCC4)cc3c2cc1C1CCCCC1. The van der Waals surface area contributed by atoms with Gasteiger partial charge < -0.3 is 24.8 Å². The summed E-state index contributed by atoms with van der Waals surface area (Å²) in [7, 11) is 0. The van der Waals surface area contributed by atoms with Crippen molar-refractivity contribution in [1.82, 2.24) is 0 Å². The van der Waals surface area contributed by atoms with Crippen molar-refractivity contribution in [2.24, 2.45) is 0 Å². The Bertz CT molecular complexity index is 1660. The molecule has 3 aliphatic carbocycles. The van der Waals surface area contributed by atoms with Crippen molar-refractivity contribution in [2.45, 2.75) is 96.3 Å². The quantitative estimate of drug-likeness (QED) is 0.147. The number of fused-ring (bicyclic) bond motifs is 3. The summed E-state index contributed by atoms with van der Waals surface area (Å²) in [4.78, 5) is 0. The van der Waals surface area contributed by atoms with Crippen LogP contribution in [0.25, 0.3) is 21.5 Å². The standard InChI is InChI=1S/C25H29.C15H14.C5H5.2ClH.Ti/c1-3-7-18(8-4-1)20-11-13-22-15-23-14-12-21(17-25(23)24(22)16-20)19-9-5-2-6-10-19;1-12-3-7-14(8-4-12)11-15-9-5-13(2)6-10-15;1-2-4-5-3-1;;;/h11-19H,1-10H2;3-10H,1-2H3;1-3H,4H2;2*1H;/q-1;;-1;;;+2/p-2. The van der Waals surface area contributed by atoms with Crippen molar-refractivity contribution in [3.63, 3.8) is 0 Å². The molecule has 0 amide bonds. The Kier molecular flexibility index (Phi) is 15.1. The summed E-state index contributed by atoms with van der Waals surface area (Å²) in [5.41, 5.74) is 8.38. The normalized spacial score (nSPS) is 15.9. The molecule has 0 heterocycles. The molecule has 48 heavy (non-hydrogen) atoms.